The maximum absolute atomic E-state index is 12.2. The molecule has 0 saturated heterocycles. The summed E-state index contributed by atoms with van der Waals surface area (Å²) in [7, 11) is 1.86. The smallest absolute Gasteiger partial charge is 0.224 e. The quantitative estimate of drug-likeness (QED) is 0.669. The predicted octanol–water partition coefficient (Wildman–Crippen LogP) is 2.24. The molecule has 0 bridgehead atoms. The minimum atomic E-state index is 0.182. The highest BCUT2D eigenvalue weighted by atomic mass is 16.2. The first-order valence-corrected chi connectivity index (χ1v) is 7.51. The van der Waals surface area contributed by atoms with Crippen molar-refractivity contribution >= 4 is 5.91 Å². The number of hydrogen-bond donors (Lipinski definition) is 1. The summed E-state index contributed by atoms with van der Waals surface area (Å²) in [5, 5.41) is 8.74. The van der Waals surface area contributed by atoms with Gasteiger partial charge in [0.1, 0.15) is 0 Å². The van der Waals surface area contributed by atoms with Gasteiger partial charge >= 0.3 is 0 Å². The van der Waals surface area contributed by atoms with Crippen molar-refractivity contribution in [1.82, 2.24) is 14.5 Å². The molecule has 1 atom stereocenters. The molecule has 0 radical (unpaired) electrons. The molecule has 0 fully saturated rings. The molecular formula is C15H27N3O2. The maximum atomic E-state index is 12.2. The molecule has 1 heterocycles. The summed E-state index contributed by atoms with van der Waals surface area (Å²) >= 11 is 0. The number of carbonyl (C=O) groups excluding carboxylic acids is 1. The summed E-state index contributed by atoms with van der Waals surface area (Å²) in [6, 6.07) is 0.204. The van der Waals surface area contributed by atoms with E-state index in [1.165, 1.54) is 0 Å². The molecular weight excluding hydrogens is 254 g/mol. The topological polar surface area (TPSA) is 58.4 Å². The largest absolute Gasteiger partial charge is 0.396 e. The Labute approximate surface area is 121 Å². The molecule has 1 N–H and O–H groups in total. The van der Waals surface area contributed by atoms with Crippen LogP contribution >= 0.6 is 0 Å². The Bertz CT molecular complexity index is 365. The first-order chi connectivity index (χ1) is 9.69. The van der Waals surface area contributed by atoms with E-state index >= 15 is 0 Å². The van der Waals surface area contributed by atoms with Gasteiger partial charge in [-0.15, -0.1) is 0 Å². The Morgan fingerprint density at radius 1 is 1.40 bits per heavy atom. The third-order valence-corrected chi connectivity index (χ3v) is 3.56. The summed E-state index contributed by atoms with van der Waals surface area (Å²) in [4.78, 5) is 18.1. The van der Waals surface area contributed by atoms with Crippen LogP contribution in [0.25, 0.3) is 0 Å². The number of unbranched alkanes of at least 4 members (excludes halogenated alkanes) is 2. The van der Waals surface area contributed by atoms with Gasteiger partial charge in [-0.1, -0.05) is 13.3 Å². The second-order valence-corrected chi connectivity index (χ2v) is 5.26. The molecule has 1 aromatic heterocycles. The Balaban J connectivity index is 2.41. The van der Waals surface area contributed by atoms with Crippen LogP contribution in [-0.2, 0) is 4.79 Å². The van der Waals surface area contributed by atoms with Gasteiger partial charge in [-0.25, -0.2) is 4.98 Å². The van der Waals surface area contributed by atoms with Crippen LogP contribution in [0.4, 0.5) is 0 Å². The Morgan fingerprint density at radius 2 is 2.20 bits per heavy atom. The first kappa shape index (κ1) is 16.7. The second kappa shape index (κ2) is 9.53. The SMILES string of the molecule is CCCC(CC(=O)N(C)CCCCCO)n1ccnc1. The van der Waals surface area contributed by atoms with Crippen molar-refractivity contribution in [2.45, 2.75) is 51.5 Å². The number of carbonyl (C=O) groups is 1. The van der Waals surface area contributed by atoms with E-state index in [0.29, 0.717) is 6.42 Å². The van der Waals surface area contributed by atoms with Gasteiger partial charge in [0.25, 0.3) is 0 Å². The van der Waals surface area contributed by atoms with E-state index in [9.17, 15) is 4.79 Å². The number of rotatable bonds is 10. The minimum absolute atomic E-state index is 0.182. The lowest BCUT2D eigenvalue weighted by Gasteiger charge is -2.22. The molecule has 5 heteroatoms. The lowest BCUT2D eigenvalue weighted by atomic mass is 10.1. The number of imidazole rings is 1. The Kier molecular flexibility index (Phi) is 7.95. The summed E-state index contributed by atoms with van der Waals surface area (Å²) in [5.41, 5.74) is 0. The average Bonchev–Trinajstić information content (AvgIpc) is 2.96. The summed E-state index contributed by atoms with van der Waals surface area (Å²) in [6.45, 7) is 3.13. The third kappa shape index (κ3) is 5.74. The number of aliphatic hydroxyl groups excluding tert-OH is 1. The molecule has 0 saturated carbocycles. The molecule has 1 aromatic rings. The molecule has 0 spiro atoms. The van der Waals surface area contributed by atoms with Gasteiger partial charge in [0.15, 0.2) is 0 Å². The zero-order valence-electron chi connectivity index (χ0n) is 12.7. The van der Waals surface area contributed by atoms with E-state index in [-0.39, 0.29) is 18.6 Å². The lowest BCUT2D eigenvalue weighted by Crippen LogP contribution is -2.30. The molecule has 0 aliphatic rings. The van der Waals surface area contributed by atoms with Crippen LogP contribution in [0.15, 0.2) is 18.7 Å². The van der Waals surface area contributed by atoms with E-state index in [0.717, 1.165) is 38.6 Å². The van der Waals surface area contributed by atoms with E-state index < -0.39 is 0 Å². The van der Waals surface area contributed by atoms with Crippen molar-refractivity contribution in [2.75, 3.05) is 20.2 Å². The molecule has 1 amide bonds. The number of nitrogens with zero attached hydrogens (tertiary/aromatic N) is 3. The van der Waals surface area contributed by atoms with Crippen molar-refractivity contribution < 1.29 is 9.90 Å². The minimum Gasteiger partial charge on any atom is -0.396 e. The average molecular weight is 281 g/mol. The van der Waals surface area contributed by atoms with Crippen LogP contribution in [0.5, 0.6) is 0 Å². The van der Waals surface area contributed by atoms with Gasteiger partial charge < -0.3 is 14.6 Å². The fraction of sp³-hybridized carbons (Fsp3) is 0.733. The summed E-state index contributed by atoms with van der Waals surface area (Å²) < 4.78 is 2.03. The molecule has 114 valence electrons. The van der Waals surface area contributed by atoms with Crippen LogP contribution < -0.4 is 0 Å². The lowest BCUT2D eigenvalue weighted by molar-refractivity contribution is -0.130. The molecule has 1 rings (SSSR count). The van der Waals surface area contributed by atoms with E-state index in [1.807, 2.05) is 17.8 Å². The number of aromatic nitrogens is 2. The monoisotopic (exact) mass is 281 g/mol. The van der Waals surface area contributed by atoms with Gasteiger partial charge in [-0.05, 0) is 25.7 Å². The van der Waals surface area contributed by atoms with Crippen LogP contribution in [0.2, 0.25) is 0 Å². The molecule has 5 nitrogen and oxygen atoms in total. The van der Waals surface area contributed by atoms with E-state index in [1.54, 1.807) is 17.4 Å². The molecule has 1 unspecified atom stereocenters. The molecule has 20 heavy (non-hydrogen) atoms. The van der Waals surface area contributed by atoms with Crippen molar-refractivity contribution in [3.63, 3.8) is 0 Å². The van der Waals surface area contributed by atoms with Crippen LogP contribution in [0, 0.1) is 0 Å². The Morgan fingerprint density at radius 3 is 2.80 bits per heavy atom. The molecule has 0 aliphatic carbocycles. The van der Waals surface area contributed by atoms with Gasteiger partial charge in [-0.2, -0.15) is 0 Å². The maximum Gasteiger partial charge on any atom is 0.224 e. The number of aliphatic hydroxyl groups is 1. The van der Waals surface area contributed by atoms with Gasteiger partial charge in [0, 0.05) is 45.1 Å². The zero-order valence-corrected chi connectivity index (χ0v) is 12.7. The molecule has 0 aliphatic heterocycles. The van der Waals surface area contributed by atoms with Gasteiger partial charge in [0.2, 0.25) is 5.91 Å². The van der Waals surface area contributed by atoms with Gasteiger partial charge in [0.05, 0.1) is 6.33 Å². The molecule has 0 aromatic carbocycles. The number of amides is 1. The second-order valence-electron chi connectivity index (χ2n) is 5.26. The normalized spacial score (nSPS) is 12.3. The van der Waals surface area contributed by atoms with Crippen molar-refractivity contribution in [2.24, 2.45) is 0 Å². The highest BCUT2D eigenvalue weighted by Crippen LogP contribution is 2.18. The first-order valence-electron chi connectivity index (χ1n) is 7.51. The van der Waals surface area contributed by atoms with Crippen LogP contribution in [0.3, 0.4) is 0 Å². The van der Waals surface area contributed by atoms with Crippen LogP contribution in [-0.4, -0.2) is 45.7 Å². The summed E-state index contributed by atoms with van der Waals surface area (Å²) in [6.07, 6.45) is 10.8. The Hall–Kier alpha value is -1.36. The van der Waals surface area contributed by atoms with Crippen molar-refractivity contribution in [3.05, 3.63) is 18.7 Å². The third-order valence-electron chi connectivity index (χ3n) is 3.56. The standard InChI is InChI=1S/C15H27N3O2/c1-3-7-14(18-10-8-16-13-18)12-15(20)17(2)9-5-4-6-11-19/h8,10,13-14,19H,3-7,9,11-12H2,1-2H3. The van der Waals surface area contributed by atoms with E-state index in [2.05, 4.69) is 11.9 Å². The van der Waals surface area contributed by atoms with Crippen molar-refractivity contribution in [3.8, 4) is 0 Å². The zero-order chi connectivity index (χ0) is 14.8. The van der Waals surface area contributed by atoms with Crippen molar-refractivity contribution in [1.29, 1.82) is 0 Å². The summed E-state index contributed by atoms with van der Waals surface area (Å²) in [5.74, 6) is 0.182. The van der Waals surface area contributed by atoms with E-state index in [4.69, 9.17) is 5.11 Å². The van der Waals surface area contributed by atoms with Gasteiger partial charge in [-0.3, -0.25) is 4.79 Å². The highest BCUT2D eigenvalue weighted by molar-refractivity contribution is 5.76. The predicted molar refractivity (Wildman–Crippen MR) is 79.4 cm³/mol. The number of hydrogen-bond acceptors (Lipinski definition) is 3. The fourth-order valence-electron chi connectivity index (χ4n) is 2.29. The van der Waals surface area contributed by atoms with Crippen LogP contribution in [0.1, 0.15) is 51.5 Å². The fourth-order valence-corrected chi connectivity index (χ4v) is 2.29. The highest BCUT2D eigenvalue weighted by Gasteiger charge is 2.17.